The van der Waals surface area contributed by atoms with Gasteiger partial charge in [-0.2, -0.15) is 0 Å². The number of nitrogens with zero attached hydrogens (tertiary/aromatic N) is 4. The number of hydrogen-bond donors (Lipinski definition) is 0. The molecule has 31 heavy (non-hydrogen) atoms. The van der Waals surface area contributed by atoms with Crippen LogP contribution in [0.4, 0.5) is 5.69 Å². The summed E-state index contributed by atoms with van der Waals surface area (Å²) in [6, 6.07) is 7.89. The summed E-state index contributed by atoms with van der Waals surface area (Å²) >= 11 is 4.02. The van der Waals surface area contributed by atoms with Crippen molar-refractivity contribution in [2.45, 2.75) is 29.2 Å². The number of nitro benzene ring substituents is 1. The van der Waals surface area contributed by atoms with Crippen molar-refractivity contribution in [2.24, 2.45) is 0 Å². The van der Waals surface area contributed by atoms with E-state index in [0.29, 0.717) is 15.1 Å². The Morgan fingerprint density at radius 3 is 2.81 bits per heavy atom. The van der Waals surface area contributed by atoms with Gasteiger partial charge in [-0.05, 0) is 37.4 Å². The molecule has 0 aliphatic rings. The van der Waals surface area contributed by atoms with Gasteiger partial charge in [-0.25, -0.2) is 9.78 Å². The van der Waals surface area contributed by atoms with Gasteiger partial charge in [0.1, 0.15) is 0 Å². The van der Waals surface area contributed by atoms with Gasteiger partial charge in [0.2, 0.25) is 0 Å². The molecule has 3 aromatic heterocycles. The molecule has 0 saturated carbocycles. The average Bonchev–Trinajstić information content (AvgIpc) is 3.49. The quantitative estimate of drug-likeness (QED) is 0.193. The summed E-state index contributed by atoms with van der Waals surface area (Å²) in [6.45, 7) is 3.44. The Balaban J connectivity index is 1.50. The Morgan fingerprint density at radius 2 is 2.13 bits per heavy atom. The maximum atomic E-state index is 12.6. The van der Waals surface area contributed by atoms with Crippen molar-refractivity contribution in [3.63, 3.8) is 0 Å². The van der Waals surface area contributed by atoms with Gasteiger partial charge >= 0.3 is 5.97 Å². The van der Waals surface area contributed by atoms with E-state index in [1.807, 2.05) is 29.8 Å². The topological polar surface area (TPSA) is 121 Å². The standard InChI is InChI=1S/C19H14N4O5S3/c1-10-9-30-19(20-10)31-14-6-5-12(8-13(14)23(25)26)18(24)27-11(2)16-21-22-17(28-16)15-4-3-7-29-15/h3-9,11H,1-2H3. The van der Waals surface area contributed by atoms with Crippen LogP contribution in [0.15, 0.2) is 54.7 Å². The maximum absolute atomic E-state index is 12.6. The van der Waals surface area contributed by atoms with Crippen molar-refractivity contribution in [3.8, 4) is 10.8 Å². The van der Waals surface area contributed by atoms with Crippen LogP contribution in [0.2, 0.25) is 0 Å². The number of thiazole rings is 1. The third-order valence-corrected chi connectivity index (χ3v) is 6.97. The molecule has 4 aromatic rings. The van der Waals surface area contributed by atoms with E-state index >= 15 is 0 Å². The minimum Gasteiger partial charge on any atom is -0.449 e. The average molecular weight is 475 g/mol. The maximum Gasteiger partial charge on any atom is 0.339 e. The minimum absolute atomic E-state index is 0.0521. The molecule has 4 rings (SSSR count). The van der Waals surface area contributed by atoms with Crippen LogP contribution in [0.25, 0.3) is 10.8 Å². The molecule has 0 bridgehead atoms. The second-order valence-corrected chi connectivity index (χ2v) is 9.36. The molecule has 0 aliphatic heterocycles. The number of thiophene rings is 1. The van der Waals surface area contributed by atoms with Crippen molar-refractivity contribution in [1.82, 2.24) is 15.2 Å². The normalized spacial score (nSPS) is 11.9. The van der Waals surface area contributed by atoms with Gasteiger partial charge < -0.3 is 9.15 Å². The van der Waals surface area contributed by atoms with Crippen LogP contribution in [0, 0.1) is 17.0 Å². The van der Waals surface area contributed by atoms with E-state index in [-0.39, 0.29) is 17.1 Å². The first-order valence-electron chi connectivity index (χ1n) is 8.87. The molecule has 0 amide bonds. The summed E-state index contributed by atoms with van der Waals surface area (Å²) in [5.41, 5.74) is 0.696. The highest BCUT2D eigenvalue weighted by molar-refractivity contribution is 8.01. The summed E-state index contributed by atoms with van der Waals surface area (Å²) < 4.78 is 11.6. The number of carbonyl (C=O) groups excluding carboxylic acids is 1. The number of ether oxygens (including phenoxy) is 1. The lowest BCUT2D eigenvalue weighted by Gasteiger charge is -2.10. The van der Waals surface area contributed by atoms with E-state index in [0.717, 1.165) is 10.6 Å². The number of aromatic nitrogens is 3. The van der Waals surface area contributed by atoms with Gasteiger partial charge in [0.15, 0.2) is 10.4 Å². The van der Waals surface area contributed by atoms with E-state index in [2.05, 4.69) is 15.2 Å². The lowest BCUT2D eigenvalue weighted by molar-refractivity contribution is -0.387. The molecule has 0 fully saturated rings. The van der Waals surface area contributed by atoms with Gasteiger partial charge in [0, 0.05) is 17.1 Å². The summed E-state index contributed by atoms with van der Waals surface area (Å²) in [6.07, 6.45) is -0.819. The highest BCUT2D eigenvalue weighted by Gasteiger charge is 2.24. The number of carbonyl (C=O) groups is 1. The van der Waals surface area contributed by atoms with E-state index in [1.165, 1.54) is 52.6 Å². The fourth-order valence-electron chi connectivity index (χ4n) is 2.52. The van der Waals surface area contributed by atoms with Crippen molar-refractivity contribution < 1.29 is 18.9 Å². The first-order chi connectivity index (χ1) is 14.9. The summed E-state index contributed by atoms with van der Waals surface area (Å²) in [5, 5.41) is 23.2. The Morgan fingerprint density at radius 1 is 1.29 bits per heavy atom. The fraction of sp³-hybridized carbons (Fsp3) is 0.158. The van der Waals surface area contributed by atoms with Crippen LogP contribution >= 0.6 is 34.4 Å². The molecule has 158 valence electrons. The van der Waals surface area contributed by atoms with Crippen molar-refractivity contribution in [3.05, 3.63) is 68.4 Å². The number of nitro groups is 1. The lowest BCUT2D eigenvalue weighted by atomic mass is 10.2. The molecule has 0 radical (unpaired) electrons. The lowest BCUT2D eigenvalue weighted by Crippen LogP contribution is -2.10. The predicted octanol–water partition coefficient (Wildman–Crippen LogP) is 5.54. The Kier molecular flexibility index (Phi) is 6.11. The molecule has 1 aromatic carbocycles. The summed E-state index contributed by atoms with van der Waals surface area (Å²) in [5.74, 6) is -0.256. The van der Waals surface area contributed by atoms with Gasteiger partial charge in [0.05, 0.1) is 20.3 Å². The smallest absolute Gasteiger partial charge is 0.339 e. The van der Waals surface area contributed by atoms with Gasteiger partial charge in [0.25, 0.3) is 17.5 Å². The molecule has 0 aliphatic carbocycles. The SMILES string of the molecule is Cc1csc(Sc2ccc(C(=O)OC(C)c3nnc(-c4cccs4)o3)cc2[N+](=O)[O-])n1. The number of esters is 1. The highest BCUT2D eigenvalue weighted by Crippen LogP contribution is 2.37. The molecule has 3 heterocycles. The summed E-state index contributed by atoms with van der Waals surface area (Å²) in [4.78, 5) is 29.1. The number of benzene rings is 1. The molecule has 0 N–H and O–H groups in total. The van der Waals surface area contributed by atoms with E-state index in [1.54, 1.807) is 6.92 Å². The second-order valence-electron chi connectivity index (χ2n) is 6.27. The Labute approximate surface area is 188 Å². The predicted molar refractivity (Wildman–Crippen MR) is 116 cm³/mol. The summed E-state index contributed by atoms with van der Waals surface area (Å²) in [7, 11) is 0. The molecular weight excluding hydrogens is 460 g/mol. The second kappa shape index (κ2) is 8.96. The molecule has 1 atom stereocenters. The monoisotopic (exact) mass is 474 g/mol. The number of hydrogen-bond acceptors (Lipinski definition) is 11. The van der Waals surface area contributed by atoms with Crippen LogP contribution in [0.5, 0.6) is 0 Å². The van der Waals surface area contributed by atoms with Gasteiger partial charge in [-0.1, -0.05) is 17.8 Å². The van der Waals surface area contributed by atoms with Crippen LogP contribution in [0.1, 0.15) is 35.0 Å². The van der Waals surface area contributed by atoms with Gasteiger partial charge in [-0.15, -0.1) is 32.9 Å². The highest BCUT2D eigenvalue weighted by atomic mass is 32.2. The third-order valence-electron chi connectivity index (χ3n) is 3.99. The number of aryl methyl sites for hydroxylation is 1. The van der Waals surface area contributed by atoms with E-state index in [4.69, 9.17) is 9.15 Å². The molecule has 0 spiro atoms. The van der Waals surface area contributed by atoms with E-state index in [9.17, 15) is 14.9 Å². The molecule has 0 saturated heterocycles. The third kappa shape index (κ3) is 4.81. The van der Waals surface area contributed by atoms with E-state index < -0.39 is 17.0 Å². The minimum atomic E-state index is -0.819. The molecule has 9 nitrogen and oxygen atoms in total. The first-order valence-corrected chi connectivity index (χ1v) is 11.4. The van der Waals surface area contributed by atoms with Crippen LogP contribution in [0.3, 0.4) is 0 Å². The zero-order chi connectivity index (χ0) is 22.0. The zero-order valence-corrected chi connectivity index (χ0v) is 18.6. The zero-order valence-electron chi connectivity index (χ0n) is 16.2. The van der Waals surface area contributed by atoms with Crippen molar-refractivity contribution >= 4 is 46.1 Å². The molecule has 1 unspecified atom stereocenters. The van der Waals surface area contributed by atoms with Gasteiger partial charge in [-0.3, -0.25) is 10.1 Å². The fourth-order valence-corrected chi connectivity index (χ4v) is 5.05. The molecular formula is C19H14N4O5S3. The van der Waals surface area contributed by atoms with Crippen molar-refractivity contribution in [2.75, 3.05) is 0 Å². The van der Waals surface area contributed by atoms with Crippen LogP contribution < -0.4 is 0 Å². The number of rotatable bonds is 7. The molecule has 12 heteroatoms. The Bertz CT molecular complexity index is 1240. The Hall–Kier alpha value is -3.09. The van der Waals surface area contributed by atoms with Crippen LogP contribution in [-0.2, 0) is 4.74 Å². The first kappa shape index (κ1) is 21.2. The van der Waals surface area contributed by atoms with Crippen LogP contribution in [-0.4, -0.2) is 26.1 Å². The van der Waals surface area contributed by atoms with Crippen molar-refractivity contribution in [1.29, 1.82) is 0 Å². The largest absolute Gasteiger partial charge is 0.449 e.